The predicted octanol–water partition coefficient (Wildman–Crippen LogP) is 3.25. The maximum Gasteiger partial charge on any atom is 0.308 e. The smallest absolute Gasteiger partial charge is 0.308 e. The van der Waals surface area contributed by atoms with Crippen molar-refractivity contribution in [2.75, 3.05) is 13.1 Å². The summed E-state index contributed by atoms with van der Waals surface area (Å²) in [5.41, 5.74) is 0.876. The summed E-state index contributed by atoms with van der Waals surface area (Å²) in [6.07, 6.45) is 2.24. The van der Waals surface area contributed by atoms with Gasteiger partial charge in [-0.3, -0.25) is 9.59 Å². The Kier molecular flexibility index (Phi) is 5.48. The highest BCUT2D eigenvalue weighted by Gasteiger charge is 2.27. The van der Waals surface area contributed by atoms with Crippen molar-refractivity contribution >= 4 is 35.1 Å². The number of benzene rings is 1. The van der Waals surface area contributed by atoms with E-state index in [1.807, 2.05) is 6.07 Å². The van der Waals surface area contributed by atoms with Gasteiger partial charge in [0.15, 0.2) is 0 Å². The van der Waals surface area contributed by atoms with Crippen LogP contribution in [0.2, 0.25) is 10.0 Å². The van der Waals surface area contributed by atoms with Gasteiger partial charge >= 0.3 is 5.97 Å². The quantitative estimate of drug-likeness (QED) is 0.922. The molecule has 2 rings (SSSR count). The Labute approximate surface area is 133 Å². The van der Waals surface area contributed by atoms with E-state index >= 15 is 0 Å². The SMILES string of the molecule is O=C(O)[C@@H]1CCCN(C(=O)CCc2ccc(Cl)cc2Cl)C1. The molecule has 1 aromatic carbocycles. The zero-order chi connectivity index (χ0) is 15.4. The maximum atomic E-state index is 12.2. The molecule has 1 aliphatic rings. The normalized spacial score (nSPS) is 18.6. The average molecular weight is 330 g/mol. The Morgan fingerprint density at radius 3 is 2.76 bits per heavy atom. The van der Waals surface area contributed by atoms with Crippen LogP contribution in [0.25, 0.3) is 0 Å². The van der Waals surface area contributed by atoms with E-state index in [1.165, 1.54) is 0 Å². The second kappa shape index (κ2) is 7.14. The van der Waals surface area contributed by atoms with Gasteiger partial charge in [-0.1, -0.05) is 29.3 Å². The molecule has 4 nitrogen and oxygen atoms in total. The van der Waals surface area contributed by atoms with Crippen molar-refractivity contribution in [2.45, 2.75) is 25.7 Å². The average Bonchev–Trinajstić information content (AvgIpc) is 2.46. The molecule has 0 spiro atoms. The molecule has 6 heteroatoms. The lowest BCUT2D eigenvalue weighted by atomic mass is 9.97. The van der Waals surface area contributed by atoms with Crippen molar-refractivity contribution in [1.29, 1.82) is 0 Å². The monoisotopic (exact) mass is 329 g/mol. The lowest BCUT2D eigenvalue weighted by molar-refractivity contribution is -0.145. The minimum atomic E-state index is -0.826. The number of aliphatic carboxylic acids is 1. The second-order valence-electron chi connectivity index (χ2n) is 5.25. The van der Waals surface area contributed by atoms with Crippen molar-refractivity contribution in [1.82, 2.24) is 4.90 Å². The van der Waals surface area contributed by atoms with E-state index < -0.39 is 11.9 Å². The zero-order valence-corrected chi connectivity index (χ0v) is 13.0. The molecule has 0 unspecified atom stereocenters. The predicted molar refractivity (Wildman–Crippen MR) is 81.7 cm³/mol. The van der Waals surface area contributed by atoms with E-state index in [2.05, 4.69) is 0 Å². The van der Waals surface area contributed by atoms with E-state index in [0.29, 0.717) is 42.4 Å². The van der Waals surface area contributed by atoms with Gasteiger partial charge in [-0.05, 0) is 37.0 Å². The number of carbonyl (C=O) groups is 2. The molecule has 0 saturated carbocycles. The standard InChI is InChI=1S/C15H17Cl2NO3/c16-12-5-3-10(13(17)8-12)4-6-14(19)18-7-1-2-11(9-18)15(20)21/h3,5,8,11H,1-2,4,6-7,9H2,(H,20,21)/t11-/m1/s1. The summed E-state index contributed by atoms with van der Waals surface area (Å²) in [5.74, 6) is -1.29. The Morgan fingerprint density at radius 2 is 2.10 bits per heavy atom. The van der Waals surface area contributed by atoms with Gasteiger partial charge in [-0.15, -0.1) is 0 Å². The molecule has 1 heterocycles. The van der Waals surface area contributed by atoms with E-state index in [0.717, 1.165) is 12.0 Å². The third kappa shape index (κ3) is 4.35. The molecule has 1 amide bonds. The van der Waals surface area contributed by atoms with Crippen LogP contribution in [-0.2, 0) is 16.0 Å². The van der Waals surface area contributed by atoms with E-state index in [9.17, 15) is 9.59 Å². The van der Waals surface area contributed by atoms with Crippen LogP contribution in [0, 0.1) is 5.92 Å². The lowest BCUT2D eigenvalue weighted by Gasteiger charge is -2.30. The van der Waals surface area contributed by atoms with Crippen LogP contribution in [0.1, 0.15) is 24.8 Å². The fourth-order valence-corrected chi connectivity index (χ4v) is 3.03. The van der Waals surface area contributed by atoms with Gasteiger partial charge in [0, 0.05) is 29.6 Å². The Hall–Kier alpha value is -1.26. The summed E-state index contributed by atoms with van der Waals surface area (Å²) in [5, 5.41) is 10.2. The molecular weight excluding hydrogens is 313 g/mol. The van der Waals surface area contributed by atoms with Gasteiger partial charge in [0.05, 0.1) is 5.92 Å². The summed E-state index contributed by atoms with van der Waals surface area (Å²) >= 11 is 11.9. The zero-order valence-electron chi connectivity index (χ0n) is 11.5. The molecule has 0 aliphatic carbocycles. The van der Waals surface area contributed by atoms with E-state index in [1.54, 1.807) is 17.0 Å². The molecule has 1 saturated heterocycles. The summed E-state index contributed by atoms with van der Waals surface area (Å²) in [7, 11) is 0. The third-order valence-electron chi connectivity index (χ3n) is 3.75. The Bertz CT molecular complexity index is 548. The highest BCUT2D eigenvalue weighted by molar-refractivity contribution is 6.35. The summed E-state index contributed by atoms with van der Waals surface area (Å²) in [6, 6.07) is 5.22. The first-order chi connectivity index (χ1) is 9.97. The number of aryl methyl sites for hydroxylation is 1. The van der Waals surface area contributed by atoms with Crippen molar-refractivity contribution < 1.29 is 14.7 Å². The molecule has 1 atom stereocenters. The van der Waals surface area contributed by atoms with E-state index in [4.69, 9.17) is 28.3 Å². The molecular formula is C15H17Cl2NO3. The first-order valence-electron chi connectivity index (χ1n) is 6.92. The molecule has 1 N–H and O–H groups in total. The number of carboxylic acids is 1. The minimum absolute atomic E-state index is 0.0213. The third-order valence-corrected chi connectivity index (χ3v) is 4.33. The lowest BCUT2D eigenvalue weighted by Crippen LogP contribution is -2.42. The first kappa shape index (κ1) is 16.1. The molecule has 21 heavy (non-hydrogen) atoms. The summed E-state index contributed by atoms with van der Waals surface area (Å²) in [4.78, 5) is 24.8. The van der Waals surface area contributed by atoms with Crippen LogP contribution in [0.4, 0.5) is 0 Å². The van der Waals surface area contributed by atoms with Crippen LogP contribution in [0.15, 0.2) is 18.2 Å². The van der Waals surface area contributed by atoms with Crippen molar-refractivity contribution in [3.63, 3.8) is 0 Å². The van der Waals surface area contributed by atoms with Gasteiger partial charge < -0.3 is 10.0 Å². The number of likely N-dealkylation sites (tertiary alicyclic amines) is 1. The number of halogens is 2. The molecule has 1 fully saturated rings. The van der Waals surface area contributed by atoms with Gasteiger partial charge in [-0.25, -0.2) is 0 Å². The highest BCUT2D eigenvalue weighted by Crippen LogP contribution is 2.23. The van der Waals surface area contributed by atoms with Crippen molar-refractivity contribution in [3.05, 3.63) is 33.8 Å². The molecule has 1 aliphatic heterocycles. The maximum absolute atomic E-state index is 12.2. The van der Waals surface area contributed by atoms with Crippen LogP contribution >= 0.6 is 23.2 Å². The minimum Gasteiger partial charge on any atom is -0.481 e. The van der Waals surface area contributed by atoms with Crippen LogP contribution in [0.3, 0.4) is 0 Å². The molecule has 1 aromatic rings. The van der Waals surface area contributed by atoms with Crippen LogP contribution < -0.4 is 0 Å². The van der Waals surface area contributed by atoms with Crippen LogP contribution in [0.5, 0.6) is 0 Å². The highest BCUT2D eigenvalue weighted by atomic mass is 35.5. The Morgan fingerprint density at radius 1 is 1.33 bits per heavy atom. The van der Waals surface area contributed by atoms with Crippen molar-refractivity contribution in [2.24, 2.45) is 5.92 Å². The fraction of sp³-hybridized carbons (Fsp3) is 0.467. The van der Waals surface area contributed by atoms with Crippen LogP contribution in [-0.4, -0.2) is 35.0 Å². The molecule has 114 valence electrons. The number of hydrogen-bond acceptors (Lipinski definition) is 2. The molecule has 0 radical (unpaired) electrons. The summed E-state index contributed by atoms with van der Waals surface area (Å²) in [6.45, 7) is 0.944. The molecule has 0 bridgehead atoms. The van der Waals surface area contributed by atoms with Crippen molar-refractivity contribution in [3.8, 4) is 0 Å². The first-order valence-corrected chi connectivity index (χ1v) is 7.67. The van der Waals surface area contributed by atoms with Gasteiger partial charge in [0.25, 0.3) is 0 Å². The number of amides is 1. The number of piperidine rings is 1. The topological polar surface area (TPSA) is 57.6 Å². The van der Waals surface area contributed by atoms with Gasteiger partial charge in [0.1, 0.15) is 0 Å². The fourth-order valence-electron chi connectivity index (χ4n) is 2.53. The number of nitrogens with zero attached hydrogens (tertiary/aromatic N) is 1. The number of carboxylic acid groups (broad SMARTS) is 1. The summed E-state index contributed by atoms with van der Waals surface area (Å²) < 4.78 is 0. The molecule has 0 aromatic heterocycles. The largest absolute Gasteiger partial charge is 0.481 e. The van der Waals surface area contributed by atoms with E-state index in [-0.39, 0.29) is 5.91 Å². The van der Waals surface area contributed by atoms with Gasteiger partial charge in [0.2, 0.25) is 5.91 Å². The Balaban J connectivity index is 1.90. The number of carbonyl (C=O) groups excluding carboxylic acids is 1. The number of hydrogen-bond donors (Lipinski definition) is 1. The second-order valence-corrected chi connectivity index (χ2v) is 6.10. The van der Waals surface area contributed by atoms with Gasteiger partial charge in [-0.2, -0.15) is 0 Å². The number of rotatable bonds is 4.